The minimum absolute atomic E-state index is 0.350. The first-order valence-corrected chi connectivity index (χ1v) is 10.2. The van der Waals surface area contributed by atoms with Gasteiger partial charge >= 0.3 is 0 Å². The maximum atomic E-state index is 6.03. The van der Waals surface area contributed by atoms with Crippen LogP contribution in [0.1, 0.15) is 35.1 Å². The number of aryl methyl sites for hydroxylation is 1. The molecule has 1 aromatic carbocycles. The van der Waals surface area contributed by atoms with Crippen molar-refractivity contribution in [1.82, 2.24) is 20.3 Å². The Hall–Kier alpha value is -2.77. The first-order valence-electron chi connectivity index (χ1n) is 9.35. The molecule has 0 fully saturated rings. The smallest absolute Gasteiger partial charge is 0.253 e. The van der Waals surface area contributed by atoms with Crippen LogP contribution in [0.4, 0.5) is 0 Å². The molecule has 6 nitrogen and oxygen atoms in total. The number of rotatable bonds is 4. The van der Waals surface area contributed by atoms with Crippen LogP contribution in [0.2, 0.25) is 0 Å². The standard InChI is InChI=1S/C21H20N4O2S/c1-13-16-9-11-28-17(16)8-10-25(13)12-18-22-23-21(26-18)19-14(2)27-24-20(19)15-6-4-3-5-7-15/h3-7,9,11,13H,8,10,12H2,1-2H3. The summed E-state index contributed by atoms with van der Waals surface area (Å²) < 4.78 is 11.5. The van der Waals surface area contributed by atoms with E-state index in [4.69, 9.17) is 8.94 Å². The predicted molar refractivity (Wildman–Crippen MR) is 107 cm³/mol. The molecule has 1 aliphatic rings. The van der Waals surface area contributed by atoms with Gasteiger partial charge in [-0.1, -0.05) is 35.5 Å². The SMILES string of the molecule is Cc1onc(-c2ccccc2)c1-c1nnc(CN2CCc3sccc3C2C)o1. The molecule has 3 aromatic heterocycles. The van der Waals surface area contributed by atoms with Gasteiger partial charge in [0, 0.05) is 23.0 Å². The number of benzene rings is 1. The lowest BCUT2D eigenvalue weighted by atomic mass is 10.0. The van der Waals surface area contributed by atoms with Crippen molar-refractivity contribution in [3.8, 4) is 22.7 Å². The van der Waals surface area contributed by atoms with E-state index < -0.39 is 0 Å². The summed E-state index contributed by atoms with van der Waals surface area (Å²) in [6.45, 7) is 5.73. The van der Waals surface area contributed by atoms with Crippen molar-refractivity contribution < 1.29 is 8.94 Å². The first kappa shape index (κ1) is 17.3. The van der Waals surface area contributed by atoms with E-state index in [1.807, 2.05) is 48.6 Å². The second-order valence-electron chi connectivity index (χ2n) is 7.02. The molecule has 0 bridgehead atoms. The summed E-state index contributed by atoms with van der Waals surface area (Å²) in [5, 5.41) is 15.0. The molecule has 0 spiro atoms. The van der Waals surface area contributed by atoms with Gasteiger partial charge in [-0.25, -0.2) is 0 Å². The number of fused-ring (bicyclic) bond motifs is 1. The van der Waals surface area contributed by atoms with Gasteiger partial charge in [0.05, 0.1) is 6.54 Å². The second kappa shape index (κ2) is 7.00. The third-order valence-corrected chi connectivity index (χ3v) is 6.33. The van der Waals surface area contributed by atoms with Crippen molar-refractivity contribution in [3.05, 3.63) is 63.9 Å². The molecule has 142 valence electrons. The number of hydrogen-bond donors (Lipinski definition) is 0. The normalized spacial score (nSPS) is 17.0. The van der Waals surface area contributed by atoms with Gasteiger partial charge in [0.25, 0.3) is 5.89 Å². The van der Waals surface area contributed by atoms with E-state index in [2.05, 4.69) is 38.6 Å². The highest BCUT2D eigenvalue weighted by Crippen LogP contribution is 2.35. The maximum Gasteiger partial charge on any atom is 0.253 e. The minimum Gasteiger partial charge on any atom is -0.419 e. The van der Waals surface area contributed by atoms with Gasteiger partial charge in [-0.05, 0) is 37.3 Å². The lowest BCUT2D eigenvalue weighted by Gasteiger charge is -2.32. The van der Waals surface area contributed by atoms with Crippen LogP contribution >= 0.6 is 11.3 Å². The summed E-state index contributed by atoms with van der Waals surface area (Å²) >= 11 is 1.85. The highest BCUT2D eigenvalue weighted by Gasteiger charge is 2.27. The zero-order valence-corrected chi connectivity index (χ0v) is 16.6. The Kier molecular flexibility index (Phi) is 4.33. The Labute approximate surface area is 166 Å². The topological polar surface area (TPSA) is 68.2 Å². The fraction of sp³-hybridized carbons (Fsp3) is 0.286. The van der Waals surface area contributed by atoms with Crippen LogP contribution in [0.15, 0.2) is 50.7 Å². The lowest BCUT2D eigenvalue weighted by molar-refractivity contribution is 0.174. The molecule has 0 radical (unpaired) electrons. The van der Waals surface area contributed by atoms with E-state index in [1.165, 1.54) is 10.4 Å². The summed E-state index contributed by atoms with van der Waals surface area (Å²) in [6, 6.07) is 12.5. The van der Waals surface area contributed by atoms with Crippen LogP contribution in [0.25, 0.3) is 22.7 Å². The van der Waals surface area contributed by atoms with Gasteiger partial charge in [0.15, 0.2) is 0 Å². The lowest BCUT2D eigenvalue weighted by Crippen LogP contribution is -2.32. The third-order valence-electron chi connectivity index (χ3n) is 5.33. The monoisotopic (exact) mass is 392 g/mol. The highest BCUT2D eigenvalue weighted by molar-refractivity contribution is 7.10. The number of nitrogens with zero attached hydrogens (tertiary/aromatic N) is 4. The molecule has 4 aromatic rings. The van der Waals surface area contributed by atoms with Gasteiger partial charge in [-0.3, -0.25) is 4.90 Å². The van der Waals surface area contributed by atoms with Crippen molar-refractivity contribution in [2.24, 2.45) is 0 Å². The van der Waals surface area contributed by atoms with E-state index in [1.54, 1.807) is 0 Å². The van der Waals surface area contributed by atoms with Crippen LogP contribution in [0, 0.1) is 6.92 Å². The quantitative estimate of drug-likeness (QED) is 0.493. The number of aromatic nitrogens is 3. The summed E-state index contributed by atoms with van der Waals surface area (Å²) in [6.07, 6.45) is 1.07. The van der Waals surface area contributed by atoms with Crippen molar-refractivity contribution >= 4 is 11.3 Å². The number of thiophene rings is 1. The molecular formula is C21H20N4O2S. The second-order valence-corrected chi connectivity index (χ2v) is 8.03. The summed E-state index contributed by atoms with van der Waals surface area (Å²) in [7, 11) is 0. The van der Waals surface area contributed by atoms with Crippen molar-refractivity contribution in [1.29, 1.82) is 0 Å². The maximum absolute atomic E-state index is 6.03. The van der Waals surface area contributed by atoms with E-state index in [0.29, 0.717) is 30.1 Å². The van der Waals surface area contributed by atoms with Gasteiger partial charge in [-0.2, -0.15) is 0 Å². The Morgan fingerprint density at radius 3 is 2.89 bits per heavy atom. The molecule has 4 heterocycles. The molecule has 0 N–H and O–H groups in total. The van der Waals surface area contributed by atoms with Gasteiger partial charge < -0.3 is 8.94 Å². The fourth-order valence-corrected chi connectivity index (χ4v) is 4.75. The van der Waals surface area contributed by atoms with Crippen molar-refractivity contribution in [2.75, 3.05) is 6.54 Å². The zero-order chi connectivity index (χ0) is 19.1. The van der Waals surface area contributed by atoms with Crippen LogP contribution in [0.5, 0.6) is 0 Å². The number of hydrogen-bond acceptors (Lipinski definition) is 7. The van der Waals surface area contributed by atoms with Crippen LogP contribution in [-0.2, 0) is 13.0 Å². The van der Waals surface area contributed by atoms with Gasteiger partial charge in [0.1, 0.15) is 17.0 Å². The van der Waals surface area contributed by atoms with E-state index in [9.17, 15) is 0 Å². The first-order chi connectivity index (χ1) is 13.7. The molecular weight excluding hydrogens is 372 g/mol. The fourth-order valence-electron chi connectivity index (χ4n) is 3.79. The van der Waals surface area contributed by atoms with Crippen molar-refractivity contribution in [2.45, 2.75) is 32.9 Å². The molecule has 0 amide bonds. The molecule has 0 saturated carbocycles. The Morgan fingerprint density at radius 1 is 1.18 bits per heavy atom. The van der Waals surface area contributed by atoms with Crippen molar-refractivity contribution in [3.63, 3.8) is 0 Å². The third kappa shape index (κ3) is 2.96. The summed E-state index contributed by atoms with van der Waals surface area (Å²) in [5.41, 5.74) is 3.86. The molecule has 5 rings (SSSR count). The Morgan fingerprint density at radius 2 is 2.04 bits per heavy atom. The molecule has 0 aliphatic carbocycles. The predicted octanol–water partition coefficient (Wildman–Crippen LogP) is 4.88. The molecule has 1 aliphatic heterocycles. The summed E-state index contributed by atoms with van der Waals surface area (Å²) in [5.74, 6) is 1.73. The van der Waals surface area contributed by atoms with E-state index in [0.717, 1.165) is 29.8 Å². The molecule has 0 saturated heterocycles. The minimum atomic E-state index is 0.350. The van der Waals surface area contributed by atoms with E-state index in [-0.39, 0.29) is 0 Å². The molecule has 7 heteroatoms. The molecule has 1 unspecified atom stereocenters. The van der Waals surface area contributed by atoms with Crippen LogP contribution < -0.4 is 0 Å². The van der Waals surface area contributed by atoms with Crippen LogP contribution in [-0.4, -0.2) is 26.8 Å². The zero-order valence-electron chi connectivity index (χ0n) is 15.8. The Balaban J connectivity index is 1.42. The largest absolute Gasteiger partial charge is 0.419 e. The van der Waals surface area contributed by atoms with Crippen LogP contribution in [0.3, 0.4) is 0 Å². The molecule has 1 atom stereocenters. The van der Waals surface area contributed by atoms with Gasteiger partial charge in [0.2, 0.25) is 5.89 Å². The summed E-state index contributed by atoms with van der Waals surface area (Å²) in [4.78, 5) is 3.87. The van der Waals surface area contributed by atoms with Gasteiger partial charge in [-0.15, -0.1) is 21.5 Å². The highest BCUT2D eigenvalue weighted by atomic mass is 32.1. The average molecular weight is 392 g/mol. The van der Waals surface area contributed by atoms with E-state index >= 15 is 0 Å². The molecule has 28 heavy (non-hydrogen) atoms. The average Bonchev–Trinajstić information content (AvgIpc) is 3.44. The Bertz CT molecular complexity index is 1100.